The average Bonchev–Trinajstić information content (AvgIpc) is 3.70. The Morgan fingerprint density at radius 1 is 0.831 bits per heavy atom. The number of nitrogens with one attached hydrogen (secondary N) is 4. The van der Waals surface area contributed by atoms with E-state index in [-0.39, 0.29) is 59.4 Å². The van der Waals surface area contributed by atoms with Crippen LogP contribution in [0.3, 0.4) is 0 Å². The number of aliphatic hydroxyl groups is 1. The lowest BCUT2D eigenvalue weighted by Gasteiger charge is -2.42. The van der Waals surface area contributed by atoms with Crippen molar-refractivity contribution in [1.82, 2.24) is 15.5 Å². The number of nitrogens with zero attached hydrogens (tertiary/aromatic N) is 1. The number of carbonyl (C=O) groups excluding carboxylic acids is 5. The van der Waals surface area contributed by atoms with Crippen LogP contribution in [0.25, 0.3) is 5.57 Å². The van der Waals surface area contributed by atoms with Crippen molar-refractivity contribution in [2.75, 3.05) is 31.0 Å². The number of hydrogen-bond donors (Lipinski definition) is 5. The van der Waals surface area contributed by atoms with Crippen molar-refractivity contribution in [3.05, 3.63) is 102 Å². The second-order valence-electron chi connectivity index (χ2n) is 17.3. The van der Waals surface area contributed by atoms with E-state index >= 15 is 0 Å². The van der Waals surface area contributed by atoms with Gasteiger partial charge in [-0.1, -0.05) is 92.3 Å². The zero-order valence-corrected chi connectivity index (χ0v) is 40.0. The fourth-order valence-electron chi connectivity index (χ4n) is 8.11. The third-order valence-corrected chi connectivity index (χ3v) is 17.5. The summed E-state index contributed by atoms with van der Waals surface area (Å²) in [4.78, 5) is 67.5. The first-order chi connectivity index (χ1) is 30.7. The molecule has 0 spiro atoms. The number of alkyl carbamates (subject to hydrolysis) is 1. The summed E-state index contributed by atoms with van der Waals surface area (Å²) in [6.07, 6.45) is 1.68. The highest BCUT2D eigenvalue weighted by atomic mass is 28.4. The molecule has 0 saturated heterocycles. The minimum absolute atomic E-state index is 0.0241. The Morgan fingerprint density at radius 2 is 1.46 bits per heavy atom. The van der Waals surface area contributed by atoms with Gasteiger partial charge in [0.15, 0.2) is 5.75 Å². The van der Waals surface area contributed by atoms with Gasteiger partial charge in [-0.15, -0.1) is 0 Å². The van der Waals surface area contributed by atoms with Crippen LogP contribution >= 0.6 is 0 Å². The molecule has 5 amide bonds. The standard InChI is InChI=1S/C48H64FN5O10Si/c1-12-21-62-48(60)53-43(28(2)3)45(57)50-32(10)44(56)51-37-19-13-33(14-20-37)27-63-47(59)52-40-24-42(64-65(29(4)5,30(6)7)31(8)9)41(61-11)23-39(40)46(58)54-25-35(22-38(54)26-55)34-15-17-36(49)18-16-34/h12-20,23-25,28-32,38,43,55H,1,21-22,26-27H2,2-11H3,(H,50,57)(H,51,56)(H,52,59)(H,53,60)/t32-,38-,43-/m0/s1. The summed E-state index contributed by atoms with van der Waals surface area (Å²) in [5.74, 6) is -1.66. The van der Waals surface area contributed by atoms with Crippen LogP contribution in [0, 0.1) is 11.7 Å². The summed E-state index contributed by atoms with van der Waals surface area (Å²) in [5, 5.41) is 21.0. The zero-order chi connectivity index (χ0) is 48.2. The summed E-state index contributed by atoms with van der Waals surface area (Å²) >= 11 is 0. The number of benzene rings is 3. The van der Waals surface area contributed by atoms with Crippen molar-refractivity contribution in [3.63, 3.8) is 0 Å². The number of ether oxygens (including phenoxy) is 3. The van der Waals surface area contributed by atoms with Gasteiger partial charge in [0.1, 0.15) is 36.9 Å². The van der Waals surface area contributed by atoms with Crippen LogP contribution in [0.1, 0.15) is 90.2 Å². The number of rotatable bonds is 20. The van der Waals surface area contributed by atoms with E-state index in [1.165, 1.54) is 43.2 Å². The molecule has 0 fully saturated rings. The van der Waals surface area contributed by atoms with Crippen LogP contribution in [-0.4, -0.2) is 86.7 Å². The summed E-state index contributed by atoms with van der Waals surface area (Å²) in [7, 11) is -1.10. The number of carbonyl (C=O) groups is 5. The van der Waals surface area contributed by atoms with Gasteiger partial charge in [-0.25, -0.2) is 14.0 Å². The molecular weight excluding hydrogens is 854 g/mol. The van der Waals surface area contributed by atoms with Crippen molar-refractivity contribution < 1.29 is 52.1 Å². The average molecular weight is 918 g/mol. The molecule has 0 radical (unpaired) electrons. The largest absolute Gasteiger partial charge is 0.540 e. The van der Waals surface area contributed by atoms with Gasteiger partial charge in [-0.3, -0.25) is 19.7 Å². The molecule has 65 heavy (non-hydrogen) atoms. The molecule has 1 heterocycles. The maximum atomic E-state index is 14.5. The molecule has 15 nitrogen and oxygen atoms in total. The van der Waals surface area contributed by atoms with Crippen LogP contribution < -0.4 is 30.4 Å². The van der Waals surface area contributed by atoms with Gasteiger partial charge in [0.05, 0.1) is 31.0 Å². The third kappa shape index (κ3) is 13.0. The summed E-state index contributed by atoms with van der Waals surface area (Å²) < 4.78 is 37.1. The second kappa shape index (κ2) is 23.1. The Balaban J connectivity index is 1.54. The number of hydrogen-bond acceptors (Lipinski definition) is 10. The van der Waals surface area contributed by atoms with Crippen LogP contribution in [-0.2, 0) is 25.7 Å². The molecular formula is C48H64FN5O10Si. The molecule has 0 aliphatic carbocycles. The number of halogens is 1. The van der Waals surface area contributed by atoms with Crippen LogP contribution in [0.2, 0.25) is 16.6 Å². The minimum atomic E-state index is -2.58. The van der Waals surface area contributed by atoms with Gasteiger partial charge in [0, 0.05) is 18.0 Å². The molecule has 0 bridgehead atoms. The minimum Gasteiger partial charge on any atom is -0.540 e. The summed E-state index contributed by atoms with van der Waals surface area (Å²) in [5.41, 5.74) is 3.13. The highest BCUT2D eigenvalue weighted by molar-refractivity contribution is 6.78. The molecule has 3 aromatic carbocycles. The van der Waals surface area contributed by atoms with Crippen LogP contribution in [0.5, 0.6) is 11.5 Å². The van der Waals surface area contributed by atoms with E-state index in [0.717, 1.165) is 5.57 Å². The molecule has 352 valence electrons. The van der Waals surface area contributed by atoms with Gasteiger partial charge >= 0.3 is 12.2 Å². The Morgan fingerprint density at radius 3 is 2.02 bits per heavy atom. The summed E-state index contributed by atoms with van der Waals surface area (Å²) in [6, 6.07) is 12.9. The molecule has 4 rings (SSSR count). The van der Waals surface area contributed by atoms with Crippen molar-refractivity contribution in [2.45, 2.75) is 110 Å². The van der Waals surface area contributed by atoms with Crippen molar-refractivity contribution in [1.29, 1.82) is 0 Å². The van der Waals surface area contributed by atoms with E-state index in [1.54, 1.807) is 62.5 Å². The Bertz CT molecular complexity index is 2170. The van der Waals surface area contributed by atoms with Gasteiger partial charge in [-0.2, -0.15) is 0 Å². The first-order valence-electron chi connectivity index (χ1n) is 21.7. The fraction of sp³-hybridized carbons (Fsp3) is 0.438. The lowest BCUT2D eigenvalue weighted by molar-refractivity contribution is -0.128. The lowest BCUT2D eigenvalue weighted by Crippen LogP contribution is -2.53. The maximum absolute atomic E-state index is 14.5. The fourth-order valence-corrected chi connectivity index (χ4v) is 13.4. The zero-order valence-electron chi connectivity index (χ0n) is 39.0. The Kier molecular flexibility index (Phi) is 18.3. The van der Waals surface area contributed by atoms with E-state index in [1.807, 2.05) is 0 Å². The molecule has 3 atom stereocenters. The number of methoxy groups -OCH3 is 1. The third-order valence-electron chi connectivity index (χ3n) is 11.5. The molecule has 1 aliphatic heterocycles. The van der Waals surface area contributed by atoms with Crippen molar-refractivity contribution in [2.24, 2.45) is 5.92 Å². The SMILES string of the molecule is C=CCOC(=O)N[C@H](C(=O)N[C@@H](C)C(=O)Nc1ccc(COC(=O)Nc2cc(O[Si](C(C)C)(C(C)C)C(C)C)c(OC)cc2C(=O)N2C=C(c3ccc(F)cc3)C[C@H]2CO)cc1)C(C)C. The Hall–Kier alpha value is -6.20. The van der Waals surface area contributed by atoms with Crippen LogP contribution in [0.15, 0.2) is 79.5 Å². The predicted molar refractivity (Wildman–Crippen MR) is 250 cm³/mol. The van der Waals surface area contributed by atoms with Crippen molar-refractivity contribution >= 4 is 55.2 Å². The molecule has 0 unspecified atom stereocenters. The van der Waals surface area contributed by atoms with Gasteiger partial charge in [0.2, 0.25) is 11.8 Å². The topological polar surface area (TPSA) is 194 Å². The van der Waals surface area contributed by atoms with E-state index in [0.29, 0.717) is 29.0 Å². The molecule has 0 saturated carbocycles. The van der Waals surface area contributed by atoms with Gasteiger partial charge < -0.3 is 44.6 Å². The summed E-state index contributed by atoms with van der Waals surface area (Å²) in [6.45, 7) is 20.7. The molecule has 5 N–H and O–H groups in total. The molecule has 17 heteroatoms. The quantitative estimate of drug-likeness (QED) is 0.0541. The lowest BCUT2D eigenvalue weighted by atomic mass is 10.0. The predicted octanol–water partition coefficient (Wildman–Crippen LogP) is 8.77. The normalized spacial score (nSPS) is 14.7. The number of aliphatic hydroxyl groups excluding tert-OH is 1. The van der Waals surface area contributed by atoms with E-state index < -0.39 is 62.2 Å². The smallest absolute Gasteiger partial charge is 0.411 e. The molecule has 0 aromatic heterocycles. The highest BCUT2D eigenvalue weighted by Crippen LogP contribution is 2.46. The van der Waals surface area contributed by atoms with E-state index in [4.69, 9.17) is 18.6 Å². The van der Waals surface area contributed by atoms with Gasteiger partial charge in [-0.05, 0) is 82.9 Å². The van der Waals surface area contributed by atoms with Crippen LogP contribution in [0.4, 0.5) is 25.4 Å². The van der Waals surface area contributed by atoms with E-state index in [9.17, 15) is 33.5 Å². The second-order valence-corrected chi connectivity index (χ2v) is 22.6. The highest BCUT2D eigenvalue weighted by Gasteiger charge is 2.47. The molecule has 1 aliphatic rings. The van der Waals surface area contributed by atoms with E-state index in [2.05, 4.69) is 69.4 Å². The van der Waals surface area contributed by atoms with Gasteiger partial charge in [0.25, 0.3) is 14.2 Å². The maximum Gasteiger partial charge on any atom is 0.411 e. The first kappa shape index (κ1) is 51.4. The number of anilines is 2. The molecule has 3 aromatic rings. The number of amides is 5. The first-order valence-corrected chi connectivity index (χ1v) is 23.9. The van der Waals surface area contributed by atoms with Crippen molar-refractivity contribution in [3.8, 4) is 11.5 Å². The Labute approximate surface area is 382 Å². The monoisotopic (exact) mass is 917 g/mol.